The number of carbonyl (C=O) groups is 2. The molecule has 3 rings (SSSR count). The van der Waals surface area contributed by atoms with Gasteiger partial charge in [0, 0.05) is 38.6 Å². The van der Waals surface area contributed by atoms with Gasteiger partial charge in [0.2, 0.25) is 0 Å². The summed E-state index contributed by atoms with van der Waals surface area (Å²) in [5.41, 5.74) is 2.39. The summed E-state index contributed by atoms with van der Waals surface area (Å²) in [7, 11) is 4.86. The average Bonchev–Trinajstić information content (AvgIpc) is 2.73. The second kappa shape index (κ2) is 8.75. The highest BCUT2D eigenvalue weighted by atomic mass is 16.5. The minimum Gasteiger partial charge on any atom is -0.496 e. The van der Waals surface area contributed by atoms with Gasteiger partial charge in [-0.05, 0) is 30.3 Å². The van der Waals surface area contributed by atoms with E-state index < -0.39 is 0 Å². The van der Waals surface area contributed by atoms with Crippen LogP contribution in [0.1, 0.15) is 20.7 Å². The van der Waals surface area contributed by atoms with Crippen LogP contribution in [0.3, 0.4) is 0 Å². The van der Waals surface area contributed by atoms with E-state index in [0.29, 0.717) is 35.8 Å². The zero-order valence-electron chi connectivity index (χ0n) is 16.4. The van der Waals surface area contributed by atoms with Gasteiger partial charge in [-0.25, -0.2) is 0 Å². The molecule has 0 radical (unpaired) electrons. The number of hydrogen-bond acceptors (Lipinski definition) is 5. The van der Waals surface area contributed by atoms with Crippen LogP contribution in [-0.4, -0.2) is 64.2 Å². The molecule has 1 saturated heterocycles. The van der Waals surface area contributed by atoms with Crippen molar-refractivity contribution in [2.75, 3.05) is 57.7 Å². The first kappa shape index (κ1) is 19.7. The largest absolute Gasteiger partial charge is 0.496 e. The Hall–Kier alpha value is -3.06. The van der Waals surface area contributed by atoms with Crippen molar-refractivity contribution in [1.29, 1.82) is 0 Å². The van der Waals surface area contributed by atoms with E-state index >= 15 is 0 Å². The fourth-order valence-corrected chi connectivity index (χ4v) is 3.14. The third-order valence-corrected chi connectivity index (χ3v) is 4.59. The van der Waals surface area contributed by atoms with Crippen molar-refractivity contribution < 1.29 is 19.1 Å². The van der Waals surface area contributed by atoms with Crippen LogP contribution in [0.4, 0.5) is 11.4 Å². The van der Waals surface area contributed by atoms with Crippen molar-refractivity contribution in [3.63, 3.8) is 0 Å². The number of anilines is 2. The molecule has 2 aromatic rings. The fourth-order valence-electron chi connectivity index (χ4n) is 3.14. The van der Waals surface area contributed by atoms with Crippen molar-refractivity contribution >= 4 is 23.2 Å². The Morgan fingerprint density at radius 3 is 2.46 bits per heavy atom. The molecule has 1 N–H and O–H groups in total. The first-order valence-electron chi connectivity index (χ1n) is 9.14. The Kier molecular flexibility index (Phi) is 6.16. The Labute approximate surface area is 164 Å². The molecule has 2 aromatic carbocycles. The van der Waals surface area contributed by atoms with E-state index in [0.717, 1.165) is 18.8 Å². The molecule has 2 amide bonds. The zero-order chi connectivity index (χ0) is 20.1. The summed E-state index contributed by atoms with van der Waals surface area (Å²) in [6.45, 7) is 2.78. The van der Waals surface area contributed by atoms with Crippen LogP contribution >= 0.6 is 0 Å². The first-order valence-corrected chi connectivity index (χ1v) is 9.14. The fraction of sp³-hybridized carbons (Fsp3) is 0.333. The molecule has 0 aliphatic carbocycles. The van der Waals surface area contributed by atoms with Crippen LogP contribution in [0, 0.1) is 0 Å². The SMILES string of the molecule is COc1ccc(NC(=O)c2ccccc2N2CCOCC2)cc1C(=O)N(C)C. The maximum absolute atomic E-state index is 13.0. The van der Waals surface area contributed by atoms with E-state index in [1.165, 1.54) is 12.0 Å². The summed E-state index contributed by atoms with van der Waals surface area (Å²) in [6, 6.07) is 12.5. The molecule has 1 heterocycles. The number of nitrogens with one attached hydrogen (secondary N) is 1. The van der Waals surface area contributed by atoms with E-state index in [2.05, 4.69) is 10.2 Å². The molecular formula is C21H25N3O4. The zero-order valence-corrected chi connectivity index (χ0v) is 16.4. The van der Waals surface area contributed by atoms with Crippen molar-refractivity contribution in [2.45, 2.75) is 0 Å². The molecule has 0 aromatic heterocycles. The molecule has 28 heavy (non-hydrogen) atoms. The molecular weight excluding hydrogens is 358 g/mol. The average molecular weight is 383 g/mol. The Bertz CT molecular complexity index is 860. The maximum atomic E-state index is 13.0. The van der Waals surface area contributed by atoms with Crippen LogP contribution in [0.5, 0.6) is 5.75 Å². The maximum Gasteiger partial charge on any atom is 0.257 e. The molecule has 1 aliphatic heterocycles. The second-order valence-electron chi connectivity index (χ2n) is 6.69. The van der Waals surface area contributed by atoms with Crippen LogP contribution in [0.2, 0.25) is 0 Å². The number of rotatable bonds is 5. The normalized spacial score (nSPS) is 13.8. The van der Waals surface area contributed by atoms with Gasteiger partial charge >= 0.3 is 0 Å². The molecule has 0 bridgehead atoms. The highest BCUT2D eigenvalue weighted by Gasteiger charge is 2.20. The van der Waals surface area contributed by atoms with E-state index in [4.69, 9.17) is 9.47 Å². The van der Waals surface area contributed by atoms with Gasteiger partial charge < -0.3 is 24.6 Å². The minimum atomic E-state index is -0.226. The molecule has 1 fully saturated rings. The summed E-state index contributed by atoms with van der Waals surface area (Å²) < 4.78 is 10.7. The van der Waals surface area contributed by atoms with Gasteiger partial charge in [-0.15, -0.1) is 0 Å². The lowest BCUT2D eigenvalue weighted by Gasteiger charge is -2.30. The number of methoxy groups -OCH3 is 1. The first-order chi connectivity index (χ1) is 13.5. The number of morpholine rings is 1. The topological polar surface area (TPSA) is 71.1 Å². The van der Waals surface area contributed by atoms with Crippen LogP contribution in [0.25, 0.3) is 0 Å². The van der Waals surface area contributed by atoms with Gasteiger partial charge in [0.25, 0.3) is 11.8 Å². The number of nitrogens with zero attached hydrogens (tertiary/aromatic N) is 2. The summed E-state index contributed by atoms with van der Waals surface area (Å²) in [4.78, 5) is 29.0. The number of carbonyl (C=O) groups excluding carboxylic acids is 2. The van der Waals surface area contributed by atoms with E-state index in [1.54, 1.807) is 38.4 Å². The predicted octanol–water partition coefficient (Wildman–Crippen LogP) is 2.49. The summed E-state index contributed by atoms with van der Waals surface area (Å²) in [5, 5.41) is 2.90. The van der Waals surface area contributed by atoms with Crippen molar-refractivity contribution in [2.24, 2.45) is 0 Å². The predicted molar refractivity (Wildman–Crippen MR) is 108 cm³/mol. The monoisotopic (exact) mass is 383 g/mol. The molecule has 7 nitrogen and oxygen atoms in total. The number of para-hydroxylation sites is 1. The van der Waals surface area contributed by atoms with Gasteiger partial charge in [-0.1, -0.05) is 12.1 Å². The second-order valence-corrected chi connectivity index (χ2v) is 6.69. The van der Waals surface area contributed by atoms with Gasteiger partial charge in [0.1, 0.15) is 5.75 Å². The quantitative estimate of drug-likeness (QED) is 0.859. The third kappa shape index (κ3) is 4.26. The van der Waals surface area contributed by atoms with E-state index in [-0.39, 0.29) is 11.8 Å². The highest BCUT2D eigenvalue weighted by molar-refractivity contribution is 6.09. The number of amides is 2. The van der Waals surface area contributed by atoms with Gasteiger partial charge in [-0.3, -0.25) is 9.59 Å². The number of hydrogen-bond donors (Lipinski definition) is 1. The lowest BCUT2D eigenvalue weighted by molar-refractivity contribution is 0.0824. The highest BCUT2D eigenvalue weighted by Crippen LogP contribution is 2.26. The Morgan fingerprint density at radius 1 is 1.07 bits per heavy atom. The lowest BCUT2D eigenvalue weighted by Crippen LogP contribution is -2.37. The molecule has 7 heteroatoms. The standard InChI is InChI=1S/C21H25N3O4/c1-23(2)21(26)17-14-15(8-9-19(17)27-3)22-20(25)16-6-4-5-7-18(16)24-10-12-28-13-11-24/h4-9,14H,10-13H2,1-3H3,(H,22,25). The molecule has 0 spiro atoms. The Morgan fingerprint density at radius 2 is 1.79 bits per heavy atom. The van der Waals surface area contributed by atoms with Gasteiger partial charge in [-0.2, -0.15) is 0 Å². The van der Waals surface area contributed by atoms with Gasteiger partial charge in [0.05, 0.1) is 31.5 Å². The molecule has 0 unspecified atom stereocenters. The summed E-state index contributed by atoms with van der Waals surface area (Å²) in [6.07, 6.45) is 0. The lowest BCUT2D eigenvalue weighted by atomic mass is 10.1. The Balaban J connectivity index is 1.86. The summed E-state index contributed by atoms with van der Waals surface area (Å²) in [5.74, 6) is 0.0441. The van der Waals surface area contributed by atoms with E-state index in [9.17, 15) is 9.59 Å². The van der Waals surface area contributed by atoms with Gasteiger partial charge in [0.15, 0.2) is 0 Å². The summed E-state index contributed by atoms with van der Waals surface area (Å²) >= 11 is 0. The van der Waals surface area contributed by atoms with Crippen LogP contribution < -0.4 is 15.0 Å². The number of benzene rings is 2. The van der Waals surface area contributed by atoms with Crippen molar-refractivity contribution in [1.82, 2.24) is 4.90 Å². The molecule has 0 atom stereocenters. The molecule has 148 valence electrons. The molecule has 0 saturated carbocycles. The van der Waals surface area contributed by atoms with Crippen LogP contribution in [0.15, 0.2) is 42.5 Å². The van der Waals surface area contributed by atoms with Crippen molar-refractivity contribution in [3.05, 3.63) is 53.6 Å². The molecule has 1 aliphatic rings. The third-order valence-electron chi connectivity index (χ3n) is 4.59. The van der Waals surface area contributed by atoms with Crippen molar-refractivity contribution in [3.8, 4) is 5.75 Å². The smallest absolute Gasteiger partial charge is 0.257 e. The minimum absolute atomic E-state index is 0.193. The number of ether oxygens (including phenoxy) is 2. The van der Waals surface area contributed by atoms with Crippen LogP contribution in [-0.2, 0) is 4.74 Å². The van der Waals surface area contributed by atoms with E-state index in [1.807, 2.05) is 18.2 Å².